The first-order valence-corrected chi connectivity index (χ1v) is 6.13. The third kappa shape index (κ3) is 3.51. The lowest BCUT2D eigenvalue weighted by molar-refractivity contribution is -0.150. The van der Waals surface area contributed by atoms with Crippen molar-refractivity contribution >= 4 is 5.97 Å². The molecule has 0 N–H and O–H groups in total. The maximum Gasteiger partial charge on any atom is 0.308 e. The van der Waals surface area contributed by atoms with E-state index >= 15 is 0 Å². The van der Waals surface area contributed by atoms with Gasteiger partial charge in [0, 0.05) is 0 Å². The summed E-state index contributed by atoms with van der Waals surface area (Å²) in [6.07, 6.45) is 4.82. The first-order valence-electron chi connectivity index (χ1n) is 6.13. The van der Waals surface area contributed by atoms with Crippen molar-refractivity contribution in [1.29, 1.82) is 0 Å². The highest BCUT2D eigenvalue weighted by molar-refractivity contribution is 5.72. The fourth-order valence-electron chi connectivity index (χ4n) is 2.39. The van der Waals surface area contributed by atoms with Gasteiger partial charge in [-0.2, -0.15) is 0 Å². The van der Waals surface area contributed by atoms with Crippen LogP contribution >= 0.6 is 0 Å². The van der Waals surface area contributed by atoms with Gasteiger partial charge in [0.15, 0.2) is 0 Å². The molecule has 1 aliphatic rings. The molecule has 2 nitrogen and oxygen atoms in total. The number of hydrogen-bond acceptors (Lipinski definition) is 2. The zero-order valence-electron chi connectivity index (χ0n) is 10.5. The molecule has 0 heterocycles. The van der Waals surface area contributed by atoms with Gasteiger partial charge >= 0.3 is 5.97 Å². The fourth-order valence-corrected chi connectivity index (χ4v) is 2.39. The smallest absolute Gasteiger partial charge is 0.308 e. The lowest BCUT2D eigenvalue weighted by Gasteiger charge is -2.36. The van der Waals surface area contributed by atoms with E-state index in [1.54, 1.807) is 0 Å². The molecular formula is C13H24O2. The number of carbonyl (C=O) groups is 1. The third-order valence-corrected chi connectivity index (χ3v) is 3.75. The lowest BCUT2D eigenvalue weighted by atomic mass is 9.70. The predicted octanol–water partition coefficient (Wildman–Crippen LogP) is 3.40. The van der Waals surface area contributed by atoms with Gasteiger partial charge in [0.2, 0.25) is 0 Å². The summed E-state index contributed by atoms with van der Waals surface area (Å²) in [7, 11) is 0. The molecule has 1 atom stereocenters. The van der Waals surface area contributed by atoms with Crippen molar-refractivity contribution in [2.24, 2.45) is 17.3 Å². The summed E-state index contributed by atoms with van der Waals surface area (Å²) >= 11 is 0. The number of carbonyl (C=O) groups excluding carboxylic acids is 1. The van der Waals surface area contributed by atoms with Crippen LogP contribution in [0.1, 0.15) is 53.4 Å². The van der Waals surface area contributed by atoms with E-state index in [2.05, 4.69) is 13.8 Å². The molecule has 1 rings (SSSR count). The minimum Gasteiger partial charge on any atom is -0.466 e. The fraction of sp³-hybridized carbons (Fsp3) is 0.923. The number of rotatable bonds is 3. The van der Waals surface area contributed by atoms with Gasteiger partial charge in [0.05, 0.1) is 12.5 Å². The Bertz CT molecular complexity index is 211. The molecule has 0 aromatic heterocycles. The van der Waals surface area contributed by atoms with E-state index in [9.17, 15) is 4.79 Å². The lowest BCUT2D eigenvalue weighted by Crippen LogP contribution is -2.29. The zero-order valence-corrected chi connectivity index (χ0v) is 10.5. The topological polar surface area (TPSA) is 26.3 Å². The molecule has 0 aliphatic heterocycles. The Balaban J connectivity index is 2.42. The molecule has 88 valence electrons. The van der Waals surface area contributed by atoms with Gasteiger partial charge in [-0.05, 0) is 43.9 Å². The Morgan fingerprint density at radius 2 is 1.93 bits per heavy atom. The van der Waals surface area contributed by atoms with Crippen LogP contribution in [0.5, 0.6) is 0 Å². The van der Waals surface area contributed by atoms with Gasteiger partial charge in [-0.15, -0.1) is 0 Å². The third-order valence-electron chi connectivity index (χ3n) is 3.75. The largest absolute Gasteiger partial charge is 0.466 e. The van der Waals surface area contributed by atoms with E-state index in [1.165, 1.54) is 25.7 Å². The normalized spacial score (nSPS) is 23.5. The summed E-state index contributed by atoms with van der Waals surface area (Å²) in [5.74, 6) is 0.611. The summed E-state index contributed by atoms with van der Waals surface area (Å²) in [4.78, 5) is 11.6. The van der Waals surface area contributed by atoms with Crippen molar-refractivity contribution in [1.82, 2.24) is 0 Å². The van der Waals surface area contributed by atoms with E-state index < -0.39 is 0 Å². The van der Waals surface area contributed by atoms with Crippen molar-refractivity contribution in [2.75, 3.05) is 6.61 Å². The highest BCUT2D eigenvalue weighted by Gasteiger charge is 2.32. The Labute approximate surface area is 93.4 Å². The Hall–Kier alpha value is -0.530. The zero-order chi connectivity index (χ0) is 11.5. The van der Waals surface area contributed by atoms with Gasteiger partial charge in [-0.3, -0.25) is 4.79 Å². The second kappa shape index (κ2) is 5.00. The number of ether oxygens (including phenoxy) is 1. The summed E-state index contributed by atoms with van der Waals surface area (Å²) in [5, 5.41) is 0. The van der Waals surface area contributed by atoms with Crippen LogP contribution in [0.25, 0.3) is 0 Å². The molecular weight excluding hydrogens is 188 g/mol. The molecule has 0 aromatic rings. The van der Waals surface area contributed by atoms with Crippen molar-refractivity contribution < 1.29 is 9.53 Å². The van der Waals surface area contributed by atoms with E-state index in [0.29, 0.717) is 17.9 Å². The van der Waals surface area contributed by atoms with Crippen molar-refractivity contribution in [3.63, 3.8) is 0 Å². The average Bonchev–Trinajstić information content (AvgIpc) is 2.17. The Morgan fingerprint density at radius 3 is 2.40 bits per heavy atom. The minimum atomic E-state index is -0.0118. The van der Waals surface area contributed by atoms with Crippen LogP contribution in [-0.2, 0) is 9.53 Å². The maximum absolute atomic E-state index is 11.6. The molecule has 1 fully saturated rings. The standard InChI is InChI=1S/C13H24O2/c1-5-15-12(14)10(2)11-6-8-13(3,4)9-7-11/h10-11H,5-9H2,1-4H3/t10-/m0/s1. The summed E-state index contributed by atoms with van der Waals surface area (Å²) in [6, 6.07) is 0. The molecule has 1 saturated carbocycles. The second-order valence-corrected chi connectivity index (χ2v) is 5.54. The average molecular weight is 212 g/mol. The van der Waals surface area contributed by atoms with E-state index in [0.717, 1.165) is 0 Å². The van der Waals surface area contributed by atoms with Crippen LogP contribution in [0.3, 0.4) is 0 Å². The predicted molar refractivity (Wildman–Crippen MR) is 61.5 cm³/mol. The molecule has 0 unspecified atom stereocenters. The molecule has 2 heteroatoms. The summed E-state index contributed by atoms with van der Waals surface area (Å²) in [6.45, 7) is 9.02. The van der Waals surface area contributed by atoms with Crippen molar-refractivity contribution in [3.05, 3.63) is 0 Å². The monoisotopic (exact) mass is 212 g/mol. The van der Waals surface area contributed by atoms with Crippen LogP contribution in [0.2, 0.25) is 0 Å². The molecule has 0 radical (unpaired) electrons. The molecule has 0 bridgehead atoms. The molecule has 0 saturated heterocycles. The minimum absolute atomic E-state index is 0.0118. The highest BCUT2D eigenvalue weighted by atomic mass is 16.5. The Morgan fingerprint density at radius 1 is 1.40 bits per heavy atom. The van der Waals surface area contributed by atoms with E-state index in [4.69, 9.17) is 4.74 Å². The SMILES string of the molecule is CCOC(=O)[C@@H](C)C1CCC(C)(C)CC1. The van der Waals surface area contributed by atoms with Gasteiger partial charge < -0.3 is 4.74 Å². The number of hydrogen-bond donors (Lipinski definition) is 0. The summed E-state index contributed by atoms with van der Waals surface area (Å²) in [5.41, 5.74) is 0.477. The molecule has 0 aromatic carbocycles. The van der Waals surface area contributed by atoms with Crippen LogP contribution < -0.4 is 0 Å². The van der Waals surface area contributed by atoms with E-state index in [1.807, 2.05) is 13.8 Å². The van der Waals surface area contributed by atoms with Gasteiger partial charge in [-0.25, -0.2) is 0 Å². The van der Waals surface area contributed by atoms with Gasteiger partial charge in [-0.1, -0.05) is 20.8 Å². The first-order chi connectivity index (χ1) is 6.96. The van der Waals surface area contributed by atoms with E-state index in [-0.39, 0.29) is 11.9 Å². The van der Waals surface area contributed by atoms with Crippen LogP contribution in [-0.4, -0.2) is 12.6 Å². The summed E-state index contributed by atoms with van der Waals surface area (Å²) < 4.78 is 5.07. The first kappa shape index (κ1) is 12.5. The second-order valence-electron chi connectivity index (χ2n) is 5.54. The quantitative estimate of drug-likeness (QED) is 0.670. The van der Waals surface area contributed by atoms with Crippen molar-refractivity contribution in [3.8, 4) is 0 Å². The Kier molecular flexibility index (Phi) is 4.18. The van der Waals surface area contributed by atoms with Gasteiger partial charge in [0.25, 0.3) is 0 Å². The maximum atomic E-state index is 11.6. The molecule has 15 heavy (non-hydrogen) atoms. The number of esters is 1. The van der Waals surface area contributed by atoms with Crippen LogP contribution in [0.15, 0.2) is 0 Å². The highest BCUT2D eigenvalue weighted by Crippen LogP contribution is 2.40. The molecule has 1 aliphatic carbocycles. The molecule has 0 amide bonds. The van der Waals surface area contributed by atoms with Crippen LogP contribution in [0.4, 0.5) is 0 Å². The molecule has 0 spiro atoms. The van der Waals surface area contributed by atoms with Crippen LogP contribution in [0, 0.1) is 17.3 Å². The van der Waals surface area contributed by atoms with Crippen molar-refractivity contribution in [2.45, 2.75) is 53.4 Å². The van der Waals surface area contributed by atoms with Gasteiger partial charge in [0.1, 0.15) is 0 Å².